The predicted octanol–water partition coefficient (Wildman–Crippen LogP) is 1.22. The summed E-state index contributed by atoms with van der Waals surface area (Å²) >= 11 is 0. The van der Waals surface area contributed by atoms with Crippen LogP contribution in [0.25, 0.3) is 0 Å². The average molecular weight is 285 g/mol. The largest absolute Gasteiger partial charge is 0.480 e. The molecule has 1 saturated heterocycles. The summed E-state index contributed by atoms with van der Waals surface area (Å²) in [6.07, 6.45) is 0. The number of carbonyl (C=O) groups is 2. The molecular weight excluding hydrogens is 258 g/mol. The molecule has 1 fully saturated rings. The summed E-state index contributed by atoms with van der Waals surface area (Å²) in [5.41, 5.74) is 0.0231. The zero-order valence-electron chi connectivity index (χ0n) is 13.1. The Labute approximate surface area is 121 Å². The maximum absolute atomic E-state index is 12.1. The number of aliphatic carboxylic acids is 1. The Morgan fingerprint density at radius 3 is 2.00 bits per heavy atom. The average Bonchev–Trinajstić information content (AvgIpc) is 2.36. The van der Waals surface area contributed by atoms with E-state index in [-0.39, 0.29) is 17.5 Å². The highest BCUT2D eigenvalue weighted by Gasteiger charge is 2.29. The quantitative estimate of drug-likeness (QED) is 0.818. The second-order valence-electron chi connectivity index (χ2n) is 6.57. The third kappa shape index (κ3) is 4.37. The molecule has 1 aliphatic rings. The van der Waals surface area contributed by atoms with Crippen LogP contribution in [0.4, 0.5) is 4.79 Å². The standard InChI is InChI=1S/C14H27N3O3/c1-10(12(18)19)16-6-8-17(9-7-16)13(20)15-11(2)14(3,4)5/h10-11H,6-9H2,1-5H3,(H,15,20)(H,18,19). The molecule has 0 aliphatic carbocycles. The van der Waals surface area contributed by atoms with Gasteiger partial charge in [0.05, 0.1) is 0 Å². The van der Waals surface area contributed by atoms with Crippen molar-refractivity contribution >= 4 is 12.0 Å². The van der Waals surface area contributed by atoms with Crippen molar-refractivity contribution in [2.45, 2.75) is 46.7 Å². The van der Waals surface area contributed by atoms with Crippen molar-refractivity contribution in [2.24, 2.45) is 5.41 Å². The lowest BCUT2D eigenvalue weighted by Crippen LogP contribution is -2.56. The number of hydrogen-bond donors (Lipinski definition) is 2. The SMILES string of the molecule is CC(C(=O)O)N1CCN(C(=O)NC(C)C(C)(C)C)CC1. The minimum atomic E-state index is -0.816. The topological polar surface area (TPSA) is 72.9 Å². The van der Waals surface area contributed by atoms with Gasteiger partial charge < -0.3 is 15.3 Å². The fourth-order valence-electron chi connectivity index (χ4n) is 1.96. The molecule has 2 unspecified atom stereocenters. The van der Waals surface area contributed by atoms with E-state index in [9.17, 15) is 9.59 Å². The van der Waals surface area contributed by atoms with Crippen LogP contribution in [0.2, 0.25) is 0 Å². The van der Waals surface area contributed by atoms with Crippen molar-refractivity contribution in [3.8, 4) is 0 Å². The molecule has 1 heterocycles. The number of hydrogen-bond acceptors (Lipinski definition) is 3. The second kappa shape index (κ2) is 6.43. The number of nitrogens with one attached hydrogen (secondary N) is 1. The molecule has 6 nitrogen and oxygen atoms in total. The van der Waals surface area contributed by atoms with E-state index in [0.717, 1.165) is 0 Å². The summed E-state index contributed by atoms with van der Waals surface area (Å²) in [6.45, 7) is 12.3. The van der Waals surface area contributed by atoms with E-state index in [2.05, 4.69) is 26.1 Å². The number of piperazine rings is 1. The summed E-state index contributed by atoms with van der Waals surface area (Å²) in [6, 6.07) is -0.463. The monoisotopic (exact) mass is 285 g/mol. The molecule has 0 bridgehead atoms. The normalized spacial score (nSPS) is 20.4. The second-order valence-corrected chi connectivity index (χ2v) is 6.57. The van der Waals surface area contributed by atoms with Gasteiger partial charge in [-0.3, -0.25) is 9.69 Å². The van der Waals surface area contributed by atoms with Crippen LogP contribution in [-0.2, 0) is 4.79 Å². The lowest BCUT2D eigenvalue weighted by molar-refractivity contribution is -0.143. The van der Waals surface area contributed by atoms with Gasteiger partial charge in [0.25, 0.3) is 0 Å². The fourth-order valence-corrected chi connectivity index (χ4v) is 1.96. The van der Waals surface area contributed by atoms with Gasteiger partial charge in [-0.2, -0.15) is 0 Å². The first kappa shape index (κ1) is 16.8. The molecule has 0 saturated carbocycles. The molecule has 0 aromatic rings. The van der Waals surface area contributed by atoms with Crippen LogP contribution in [0.3, 0.4) is 0 Å². The number of rotatable bonds is 3. The van der Waals surface area contributed by atoms with E-state index in [1.165, 1.54) is 0 Å². The van der Waals surface area contributed by atoms with Crippen molar-refractivity contribution in [2.75, 3.05) is 26.2 Å². The lowest BCUT2D eigenvalue weighted by Gasteiger charge is -2.38. The van der Waals surface area contributed by atoms with Gasteiger partial charge in [0.15, 0.2) is 0 Å². The highest BCUT2D eigenvalue weighted by atomic mass is 16.4. The lowest BCUT2D eigenvalue weighted by atomic mass is 9.88. The van der Waals surface area contributed by atoms with E-state index in [4.69, 9.17) is 5.11 Å². The van der Waals surface area contributed by atoms with Gasteiger partial charge in [-0.1, -0.05) is 20.8 Å². The van der Waals surface area contributed by atoms with Crippen LogP contribution in [0, 0.1) is 5.41 Å². The molecule has 2 atom stereocenters. The zero-order valence-corrected chi connectivity index (χ0v) is 13.1. The number of amides is 2. The highest BCUT2D eigenvalue weighted by Crippen LogP contribution is 2.18. The number of urea groups is 1. The Morgan fingerprint density at radius 1 is 1.10 bits per heavy atom. The van der Waals surface area contributed by atoms with Crippen LogP contribution < -0.4 is 5.32 Å². The van der Waals surface area contributed by atoms with Gasteiger partial charge in [-0.05, 0) is 19.3 Å². The Bertz CT molecular complexity index is 357. The van der Waals surface area contributed by atoms with Crippen molar-refractivity contribution in [3.05, 3.63) is 0 Å². The minimum absolute atomic E-state index is 0.0231. The molecular formula is C14H27N3O3. The highest BCUT2D eigenvalue weighted by molar-refractivity contribution is 5.75. The Hall–Kier alpha value is -1.30. The maximum atomic E-state index is 12.1. The van der Waals surface area contributed by atoms with Gasteiger partial charge in [0.1, 0.15) is 6.04 Å². The van der Waals surface area contributed by atoms with Crippen LogP contribution in [-0.4, -0.2) is 65.2 Å². The number of carboxylic acids is 1. The Morgan fingerprint density at radius 2 is 1.60 bits per heavy atom. The molecule has 0 spiro atoms. The van der Waals surface area contributed by atoms with Gasteiger partial charge in [-0.25, -0.2) is 4.79 Å². The van der Waals surface area contributed by atoms with Gasteiger partial charge in [0.2, 0.25) is 0 Å². The first-order chi connectivity index (χ1) is 9.12. The number of carboxylic acid groups (broad SMARTS) is 1. The van der Waals surface area contributed by atoms with Crippen molar-refractivity contribution in [1.82, 2.24) is 15.1 Å². The molecule has 1 aliphatic heterocycles. The number of nitrogens with zero attached hydrogens (tertiary/aromatic N) is 2. The van der Waals surface area contributed by atoms with Gasteiger partial charge in [-0.15, -0.1) is 0 Å². The van der Waals surface area contributed by atoms with E-state index in [0.29, 0.717) is 26.2 Å². The maximum Gasteiger partial charge on any atom is 0.320 e. The predicted molar refractivity (Wildman–Crippen MR) is 77.7 cm³/mol. The third-order valence-corrected chi connectivity index (χ3v) is 4.15. The van der Waals surface area contributed by atoms with Crippen molar-refractivity contribution < 1.29 is 14.7 Å². The van der Waals surface area contributed by atoms with Gasteiger partial charge >= 0.3 is 12.0 Å². The third-order valence-electron chi connectivity index (χ3n) is 4.15. The molecule has 20 heavy (non-hydrogen) atoms. The summed E-state index contributed by atoms with van der Waals surface area (Å²) in [5, 5.41) is 12.0. The minimum Gasteiger partial charge on any atom is -0.480 e. The van der Waals surface area contributed by atoms with Crippen molar-refractivity contribution in [1.29, 1.82) is 0 Å². The van der Waals surface area contributed by atoms with E-state index >= 15 is 0 Å². The molecule has 0 radical (unpaired) electrons. The van der Waals surface area contributed by atoms with Crippen LogP contribution in [0.5, 0.6) is 0 Å². The van der Waals surface area contributed by atoms with E-state index in [1.54, 1.807) is 11.8 Å². The first-order valence-corrected chi connectivity index (χ1v) is 7.15. The summed E-state index contributed by atoms with van der Waals surface area (Å²) in [5.74, 6) is -0.816. The van der Waals surface area contributed by atoms with Crippen molar-refractivity contribution in [3.63, 3.8) is 0 Å². The molecule has 2 N–H and O–H groups in total. The molecule has 1 rings (SSSR count). The zero-order chi connectivity index (χ0) is 15.5. The molecule has 0 aromatic carbocycles. The summed E-state index contributed by atoms with van der Waals surface area (Å²) in [4.78, 5) is 26.7. The van der Waals surface area contributed by atoms with Crippen LogP contribution in [0.1, 0.15) is 34.6 Å². The smallest absolute Gasteiger partial charge is 0.320 e. The Balaban J connectivity index is 2.45. The van der Waals surface area contributed by atoms with Crippen LogP contribution >= 0.6 is 0 Å². The molecule has 116 valence electrons. The summed E-state index contributed by atoms with van der Waals surface area (Å²) < 4.78 is 0. The van der Waals surface area contributed by atoms with E-state index in [1.807, 2.05) is 11.8 Å². The molecule has 0 aromatic heterocycles. The van der Waals surface area contributed by atoms with Gasteiger partial charge in [0, 0.05) is 32.2 Å². The van der Waals surface area contributed by atoms with E-state index < -0.39 is 12.0 Å². The molecule has 2 amide bonds. The molecule has 6 heteroatoms. The Kier molecular flexibility index (Phi) is 5.39. The van der Waals surface area contributed by atoms with Crippen LogP contribution in [0.15, 0.2) is 0 Å². The first-order valence-electron chi connectivity index (χ1n) is 7.15. The summed E-state index contributed by atoms with van der Waals surface area (Å²) in [7, 11) is 0. The fraction of sp³-hybridized carbons (Fsp3) is 0.857. The number of carbonyl (C=O) groups excluding carboxylic acids is 1.